The van der Waals surface area contributed by atoms with E-state index >= 15 is 0 Å². The number of carbonyl (C=O) groups excluding carboxylic acids is 1. The summed E-state index contributed by atoms with van der Waals surface area (Å²) < 4.78 is 6.99. The first-order chi connectivity index (χ1) is 14.7. The van der Waals surface area contributed by atoms with E-state index in [1.807, 2.05) is 5.38 Å². The molecule has 0 saturated heterocycles. The Bertz CT molecular complexity index is 1140. The highest BCUT2D eigenvalue weighted by Crippen LogP contribution is 2.33. The summed E-state index contributed by atoms with van der Waals surface area (Å²) in [7, 11) is 0. The molecule has 0 aliphatic heterocycles. The molecule has 30 heavy (non-hydrogen) atoms. The third-order valence-corrected chi connectivity index (χ3v) is 7.26. The predicted octanol–water partition coefficient (Wildman–Crippen LogP) is 4.88. The largest absolute Gasteiger partial charge is 0.461 e. The van der Waals surface area contributed by atoms with Crippen LogP contribution in [0.5, 0.6) is 0 Å². The quantitative estimate of drug-likeness (QED) is 0.562. The van der Waals surface area contributed by atoms with Gasteiger partial charge in [-0.05, 0) is 68.1 Å². The zero-order chi connectivity index (χ0) is 20.5. The summed E-state index contributed by atoms with van der Waals surface area (Å²) in [5.41, 5.74) is 4.61. The lowest BCUT2D eigenvalue weighted by Gasteiger charge is -2.21. The van der Waals surface area contributed by atoms with Crippen molar-refractivity contribution in [2.45, 2.75) is 70.4 Å². The zero-order valence-corrected chi connectivity index (χ0v) is 17.9. The minimum Gasteiger partial charge on any atom is -0.461 e. The standard InChI is InChI=1S/C24H26N2O3S/c27-21(29-19-8-2-1-3-9-19)13-26-15-25-23-22(24(26)28)20(14-30-23)18-11-10-16-6-4-5-7-17(16)12-18/h10-12,14-15,19H,1-9,13H2. The van der Waals surface area contributed by atoms with Gasteiger partial charge in [-0.15, -0.1) is 11.3 Å². The number of aryl methyl sites for hydroxylation is 2. The molecule has 2 aliphatic carbocycles. The lowest BCUT2D eigenvalue weighted by Crippen LogP contribution is -2.28. The number of aromatic nitrogens is 2. The fraction of sp³-hybridized carbons (Fsp3) is 0.458. The van der Waals surface area contributed by atoms with Gasteiger partial charge in [-0.1, -0.05) is 24.6 Å². The van der Waals surface area contributed by atoms with Gasteiger partial charge in [0, 0.05) is 10.9 Å². The number of esters is 1. The highest BCUT2D eigenvalue weighted by atomic mass is 32.1. The third-order valence-electron chi connectivity index (χ3n) is 6.37. The molecule has 2 aliphatic rings. The number of fused-ring (bicyclic) bond motifs is 2. The van der Waals surface area contributed by atoms with Crippen molar-refractivity contribution in [2.75, 3.05) is 0 Å². The first-order valence-electron chi connectivity index (χ1n) is 11.0. The Morgan fingerprint density at radius 1 is 1.10 bits per heavy atom. The summed E-state index contributed by atoms with van der Waals surface area (Å²) in [5, 5.41) is 2.61. The predicted molar refractivity (Wildman–Crippen MR) is 119 cm³/mol. The molecule has 1 aromatic carbocycles. The molecule has 2 heterocycles. The van der Waals surface area contributed by atoms with Crippen LogP contribution in [0.2, 0.25) is 0 Å². The second kappa shape index (κ2) is 8.34. The minimum atomic E-state index is -0.351. The summed E-state index contributed by atoms with van der Waals surface area (Å²) in [6.07, 6.45) is 11.4. The van der Waals surface area contributed by atoms with E-state index in [1.54, 1.807) is 0 Å². The Labute approximate surface area is 179 Å². The van der Waals surface area contributed by atoms with Gasteiger partial charge in [0.05, 0.1) is 11.7 Å². The van der Waals surface area contributed by atoms with E-state index in [0.29, 0.717) is 10.2 Å². The van der Waals surface area contributed by atoms with Gasteiger partial charge in [-0.3, -0.25) is 14.2 Å². The highest BCUT2D eigenvalue weighted by molar-refractivity contribution is 7.17. The fourth-order valence-corrected chi connectivity index (χ4v) is 5.65. The van der Waals surface area contributed by atoms with Crippen LogP contribution >= 0.6 is 11.3 Å². The van der Waals surface area contributed by atoms with E-state index in [0.717, 1.165) is 49.7 Å². The van der Waals surface area contributed by atoms with Gasteiger partial charge in [0.15, 0.2) is 0 Å². The summed E-state index contributed by atoms with van der Waals surface area (Å²) in [4.78, 5) is 30.8. The summed E-state index contributed by atoms with van der Waals surface area (Å²) in [6.45, 7) is -0.0856. The van der Waals surface area contributed by atoms with Gasteiger partial charge >= 0.3 is 5.97 Å². The fourth-order valence-electron chi connectivity index (χ4n) is 4.74. The molecule has 0 bridgehead atoms. The van der Waals surface area contributed by atoms with Gasteiger partial charge in [-0.25, -0.2) is 4.98 Å². The number of nitrogens with zero attached hydrogens (tertiary/aromatic N) is 2. The maximum atomic E-state index is 13.2. The molecule has 0 unspecified atom stereocenters. The topological polar surface area (TPSA) is 61.2 Å². The van der Waals surface area contributed by atoms with E-state index < -0.39 is 0 Å². The van der Waals surface area contributed by atoms with Gasteiger partial charge in [-0.2, -0.15) is 0 Å². The van der Waals surface area contributed by atoms with Crippen molar-refractivity contribution in [3.8, 4) is 11.1 Å². The summed E-state index contributed by atoms with van der Waals surface area (Å²) >= 11 is 1.48. The average Bonchev–Trinajstić information content (AvgIpc) is 3.21. The molecule has 6 heteroatoms. The van der Waals surface area contributed by atoms with Crippen LogP contribution in [0.1, 0.15) is 56.1 Å². The van der Waals surface area contributed by atoms with Crippen molar-refractivity contribution in [1.82, 2.24) is 9.55 Å². The highest BCUT2D eigenvalue weighted by Gasteiger charge is 2.20. The van der Waals surface area contributed by atoms with Gasteiger partial charge in [0.25, 0.3) is 5.56 Å². The molecule has 1 saturated carbocycles. The molecular weight excluding hydrogens is 396 g/mol. The SMILES string of the molecule is O=C(Cn1cnc2scc(-c3ccc4c(c3)CCCC4)c2c1=O)OC1CCCCC1. The number of benzene rings is 1. The number of ether oxygens (including phenoxy) is 1. The van der Waals surface area contributed by atoms with Crippen molar-refractivity contribution in [3.63, 3.8) is 0 Å². The van der Waals surface area contributed by atoms with E-state index in [2.05, 4.69) is 23.2 Å². The molecule has 1 fully saturated rings. The Kier molecular flexibility index (Phi) is 5.42. The summed E-state index contributed by atoms with van der Waals surface area (Å²) in [6, 6.07) is 6.54. The lowest BCUT2D eigenvalue weighted by molar-refractivity contribution is -0.151. The molecular formula is C24H26N2O3S. The van der Waals surface area contributed by atoms with Crippen LogP contribution in [0.4, 0.5) is 0 Å². The smallest absolute Gasteiger partial charge is 0.326 e. The molecule has 2 aromatic heterocycles. The van der Waals surface area contributed by atoms with E-state index in [4.69, 9.17) is 4.74 Å². The van der Waals surface area contributed by atoms with Crippen molar-refractivity contribution >= 4 is 27.5 Å². The Morgan fingerprint density at radius 3 is 2.73 bits per heavy atom. The molecule has 156 valence electrons. The van der Waals surface area contributed by atoms with E-state index in [-0.39, 0.29) is 24.2 Å². The second-order valence-corrected chi connectivity index (χ2v) is 9.31. The number of carbonyl (C=O) groups is 1. The zero-order valence-electron chi connectivity index (χ0n) is 17.1. The van der Waals surface area contributed by atoms with Gasteiger partial charge in [0.1, 0.15) is 17.5 Å². The Balaban J connectivity index is 1.44. The maximum Gasteiger partial charge on any atom is 0.326 e. The number of hydrogen-bond acceptors (Lipinski definition) is 5. The summed E-state index contributed by atoms with van der Waals surface area (Å²) in [5.74, 6) is -0.351. The first kappa shape index (κ1) is 19.5. The monoisotopic (exact) mass is 422 g/mol. The molecule has 0 amide bonds. The van der Waals surface area contributed by atoms with Crippen LogP contribution in [0.25, 0.3) is 21.3 Å². The van der Waals surface area contributed by atoms with Crippen molar-refractivity contribution in [3.05, 3.63) is 51.4 Å². The van der Waals surface area contributed by atoms with Crippen LogP contribution in [-0.2, 0) is 28.9 Å². The number of hydrogen-bond donors (Lipinski definition) is 0. The molecule has 0 spiro atoms. The van der Waals surface area contributed by atoms with Gasteiger partial charge < -0.3 is 4.74 Å². The number of thiophene rings is 1. The van der Waals surface area contributed by atoms with Crippen LogP contribution in [0, 0.1) is 0 Å². The van der Waals surface area contributed by atoms with Crippen molar-refractivity contribution < 1.29 is 9.53 Å². The molecule has 5 nitrogen and oxygen atoms in total. The molecule has 3 aromatic rings. The van der Waals surface area contributed by atoms with Crippen LogP contribution in [0.3, 0.4) is 0 Å². The van der Waals surface area contributed by atoms with Crippen LogP contribution in [-0.4, -0.2) is 21.6 Å². The first-order valence-corrected chi connectivity index (χ1v) is 11.9. The second-order valence-electron chi connectivity index (χ2n) is 8.45. The van der Waals surface area contributed by atoms with Gasteiger partial charge in [0.2, 0.25) is 0 Å². The normalized spacial score (nSPS) is 17.1. The van der Waals surface area contributed by atoms with E-state index in [9.17, 15) is 9.59 Å². The minimum absolute atomic E-state index is 0.00848. The average molecular weight is 423 g/mol. The Morgan fingerprint density at radius 2 is 1.90 bits per heavy atom. The molecule has 0 atom stereocenters. The molecule has 0 radical (unpaired) electrons. The van der Waals surface area contributed by atoms with E-state index in [1.165, 1.54) is 52.6 Å². The maximum absolute atomic E-state index is 13.2. The molecule has 5 rings (SSSR count). The van der Waals surface area contributed by atoms with Crippen LogP contribution < -0.4 is 5.56 Å². The molecule has 0 N–H and O–H groups in total. The van der Waals surface area contributed by atoms with Crippen molar-refractivity contribution in [2.24, 2.45) is 0 Å². The van der Waals surface area contributed by atoms with Crippen LogP contribution in [0.15, 0.2) is 34.7 Å². The third kappa shape index (κ3) is 3.81. The van der Waals surface area contributed by atoms with Crippen molar-refractivity contribution in [1.29, 1.82) is 0 Å². The number of rotatable bonds is 4. The Hall–Kier alpha value is -2.47. The lowest BCUT2D eigenvalue weighted by atomic mass is 9.89.